The lowest BCUT2D eigenvalue weighted by Crippen LogP contribution is -2.05. The zero-order valence-electron chi connectivity index (χ0n) is 6.42. The molecule has 4 heteroatoms. The molecule has 1 heterocycles. The van der Waals surface area contributed by atoms with Gasteiger partial charge >= 0.3 is 0 Å². The first kappa shape index (κ1) is 9.42. The molecule has 0 amide bonds. The molecule has 0 unspecified atom stereocenters. The highest BCUT2D eigenvalue weighted by molar-refractivity contribution is 14.1. The highest BCUT2D eigenvalue weighted by atomic mass is 127. The van der Waals surface area contributed by atoms with E-state index in [1.54, 1.807) is 6.07 Å². The molecular weight excluding hydrogens is 265 g/mol. The molecular formula is C8H8IN3. The Kier molecular flexibility index (Phi) is 3.44. The minimum Gasteiger partial charge on any atom is -0.330 e. The van der Waals surface area contributed by atoms with Gasteiger partial charge in [0.05, 0.1) is 0 Å². The molecule has 0 radical (unpaired) electrons. The summed E-state index contributed by atoms with van der Waals surface area (Å²) in [6.07, 6.45) is 0.728. The van der Waals surface area contributed by atoms with E-state index in [4.69, 9.17) is 11.0 Å². The van der Waals surface area contributed by atoms with Crippen LogP contribution in [0.5, 0.6) is 0 Å². The van der Waals surface area contributed by atoms with Crippen LogP contribution in [-0.2, 0) is 6.42 Å². The number of nitrogens with zero attached hydrogens (tertiary/aromatic N) is 2. The van der Waals surface area contributed by atoms with Crippen molar-refractivity contribution >= 4 is 22.6 Å². The minimum absolute atomic E-state index is 0.463. The van der Waals surface area contributed by atoms with Crippen LogP contribution in [0.1, 0.15) is 11.4 Å². The lowest BCUT2D eigenvalue weighted by atomic mass is 10.2. The van der Waals surface area contributed by atoms with Crippen molar-refractivity contribution in [1.82, 2.24) is 4.98 Å². The van der Waals surface area contributed by atoms with Crippen molar-refractivity contribution in [3.05, 3.63) is 27.1 Å². The van der Waals surface area contributed by atoms with Gasteiger partial charge < -0.3 is 5.73 Å². The number of hydrogen-bond donors (Lipinski definition) is 1. The SMILES string of the molecule is N#Cc1cc(I)cc(CCN)n1. The number of nitrogens with two attached hydrogens (primary N) is 1. The van der Waals surface area contributed by atoms with Gasteiger partial charge in [0.1, 0.15) is 11.8 Å². The average molecular weight is 273 g/mol. The molecule has 0 atom stereocenters. The molecule has 0 spiro atoms. The molecule has 0 aliphatic heterocycles. The Labute approximate surface area is 84.7 Å². The maximum absolute atomic E-state index is 8.61. The fourth-order valence-electron chi connectivity index (χ4n) is 0.884. The van der Waals surface area contributed by atoms with Crippen molar-refractivity contribution < 1.29 is 0 Å². The molecule has 2 N–H and O–H groups in total. The zero-order chi connectivity index (χ0) is 8.97. The van der Waals surface area contributed by atoms with E-state index in [0.717, 1.165) is 15.7 Å². The van der Waals surface area contributed by atoms with Gasteiger partial charge in [-0.25, -0.2) is 4.98 Å². The summed E-state index contributed by atoms with van der Waals surface area (Å²) in [5.74, 6) is 0. The van der Waals surface area contributed by atoms with Gasteiger partial charge in [-0.1, -0.05) is 0 Å². The van der Waals surface area contributed by atoms with E-state index in [-0.39, 0.29) is 0 Å². The Morgan fingerprint density at radius 3 is 2.92 bits per heavy atom. The molecule has 0 aliphatic carbocycles. The molecule has 0 saturated carbocycles. The van der Waals surface area contributed by atoms with Crippen LogP contribution in [0.25, 0.3) is 0 Å². The summed E-state index contributed by atoms with van der Waals surface area (Å²) in [5, 5.41) is 8.61. The highest BCUT2D eigenvalue weighted by Gasteiger charge is 1.98. The van der Waals surface area contributed by atoms with Crippen LogP contribution in [0.15, 0.2) is 12.1 Å². The van der Waals surface area contributed by atoms with E-state index >= 15 is 0 Å². The van der Waals surface area contributed by atoms with Crippen LogP contribution in [0.3, 0.4) is 0 Å². The van der Waals surface area contributed by atoms with Gasteiger partial charge in [0.2, 0.25) is 0 Å². The summed E-state index contributed by atoms with van der Waals surface area (Å²) in [6.45, 7) is 0.567. The largest absolute Gasteiger partial charge is 0.330 e. The molecule has 0 aliphatic rings. The molecule has 0 aromatic carbocycles. The van der Waals surface area contributed by atoms with E-state index in [9.17, 15) is 0 Å². The molecule has 1 aromatic heterocycles. The lowest BCUT2D eigenvalue weighted by Gasteiger charge is -1.98. The van der Waals surface area contributed by atoms with Gasteiger partial charge in [-0.2, -0.15) is 5.26 Å². The molecule has 3 nitrogen and oxygen atoms in total. The summed E-state index contributed by atoms with van der Waals surface area (Å²) in [4.78, 5) is 4.10. The van der Waals surface area contributed by atoms with Gasteiger partial charge in [-0.15, -0.1) is 0 Å². The molecule has 1 rings (SSSR count). The maximum Gasteiger partial charge on any atom is 0.141 e. The lowest BCUT2D eigenvalue weighted by molar-refractivity contribution is 0.917. The van der Waals surface area contributed by atoms with E-state index in [2.05, 4.69) is 27.6 Å². The summed E-state index contributed by atoms with van der Waals surface area (Å²) in [5.41, 5.74) is 6.73. The van der Waals surface area contributed by atoms with Crippen molar-refractivity contribution in [3.63, 3.8) is 0 Å². The highest BCUT2D eigenvalue weighted by Crippen LogP contribution is 2.08. The molecule has 0 saturated heterocycles. The van der Waals surface area contributed by atoms with Crippen molar-refractivity contribution in [2.45, 2.75) is 6.42 Å². The first-order valence-electron chi connectivity index (χ1n) is 3.53. The third-order valence-corrected chi connectivity index (χ3v) is 1.98. The number of rotatable bonds is 2. The van der Waals surface area contributed by atoms with Crippen LogP contribution < -0.4 is 5.73 Å². The fourth-order valence-corrected chi connectivity index (χ4v) is 1.54. The van der Waals surface area contributed by atoms with E-state index in [0.29, 0.717) is 12.2 Å². The first-order chi connectivity index (χ1) is 5.76. The molecule has 0 fully saturated rings. The van der Waals surface area contributed by atoms with Crippen LogP contribution in [0.2, 0.25) is 0 Å². The molecule has 12 heavy (non-hydrogen) atoms. The predicted molar refractivity (Wildman–Crippen MR) is 54.4 cm³/mol. The number of pyridine rings is 1. The van der Waals surface area contributed by atoms with Crippen LogP contribution in [0.4, 0.5) is 0 Å². The summed E-state index contributed by atoms with van der Waals surface area (Å²) < 4.78 is 1.03. The second-order valence-electron chi connectivity index (χ2n) is 2.31. The smallest absolute Gasteiger partial charge is 0.141 e. The standard InChI is InChI=1S/C8H8IN3/c9-6-3-7(1-2-10)12-8(4-6)5-11/h3-4H,1-2,10H2. The second kappa shape index (κ2) is 4.38. The first-order valence-corrected chi connectivity index (χ1v) is 4.61. The van der Waals surface area contributed by atoms with Gasteiger partial charge in [0, 0.05) is 15.7 Å². The Balaban J connectivity index is 3.00. The monoisotopic (exact) mass is 273 g/mol. The normalized spacial score (nSPS) is 9.42. The number of nitriles is 1. The third kappa shape index (κ3) is 2.43. The van der Waals surface area contributed by atoms with Gasteiger partial charge in [0.25, 0.3) is 0 Å². The summed E-state index contributed by atoms with van der Waals surface area (Å²) >= 11 is 2.16. The predicted octanol–water partition coefficient (Wildman–Crippen LogP) is 1.06. The number of halogens is 1. The van der Waals surface area contributed by atoms with Gasteiger partial charge in [-0.05, 0) is 41.3 Å². The van der Waals surface area contributed by atoms with Crippen molar-refractivity contribution in [2.75, 3.05) is 6.54 Å². The molecule has 1 aromatic rings. The van der Waals surface area contributed by atoms with Crippen molar-refractivity contribution in [3.8, 4) is 6.07 Å². The Hall–Kier alpha value is -0.670. The molecule has 62 valence electrons. The van der Waals surface area contributed by atoms with E-state index in [1.807, 2.05) is 12.1 Å². The Morgan fingerprint density at radius 1 is 1.58 bits per heavy atom. The number of hydrogen-bond acceptors (Lipinski definition) is 3. The van der Waals surface area contributed by atoms with Gasteiger partial charge in [0.15, 0.2) is 0 Å². The number of aromatic nitrogens is 1. The van der Waals surface area contributed by atoms with Crippen LogP contribution in [-0.4, -0.2) is 11.5 Å². The Morgan fingerprint density at radius 2 is 2.33 bits per heavy atom. The van der Waals surface area contributed by atoms with E-state index < -0.39 is 0 Å². The van der Waals surface area contributed by atoms with Crippen molar-refractivity contribution in [2.24, 2.45) is 5.73 Å². The third-order valence-electron chi connectivity index (χ3n) is 1.36. The summed E-state index contributed by atoms with van der Waals surface area (Å²) in [6, 6.07) is 5.70. The van der Waals surface area contributed by atoms with Crippen molar-refractivity contribution in [1.29, 1.82) is 5.26 Å². The van der Waals surface area contributed by atoms with E-state index in [1.165, 1.54) is 0 Å². The Bertz CT molecular complexity index is 317. The second-order valence-corrected chi connectivity index (χ2v) is 3.56. The maximum atomic E-state index is 8.61. The fraction of sp³-hybridized carbons (Fsp3) is 0.250. The van der Waals surface area contributed by atoms with Crippen LogP contribution in [0, 0.1) is 14.9 Å². The van der Waals surface area contributed by atoms with Gasteiger partial charge in [-0.3, -0.25) is 0 Å². The topological polar surface area (TPSA) is 62.7 Å². The molecule has 0 bridgehead atoms. The quantitative estimate of drug-likeness (QED) is 0.819. The average Bonchev–Trinajstić information content (AvgIpc) is 2.04. The minimum atomic E-state index is 0.463. The summed E-state index contributed by atoms with van der Waals surface area (Å²) in [7, 11) is 0. The van der Waals surface area contributed by atoms with Crippen LogP contribution >= 0.6 is 22.6 Å². The zero-order valence-corrected chi connectivity index (χ0v) is 8.58.